The first-order valence-corrected chi connectivity index (χ1v) is 9.35. The number of rotatable bonds is 9. The molecule has 1 fully saturated rings. The molecule has 0 aliphatic carbocycles. The summed E-state index contributed by atoms with van der Waals surface area (Å²) < 4.78 is 26.7. The number of carbonyl (C=O) groups is 4. The maximum atomic E-state index is 11.9. The quantitative estimate of drug-likeness (QED) is 0.430. The van der Waals surface area contributed by atoms with Crippen LogP contribution in [0.1, 0.15) is 53.4 Å². The van der Waals surface area contributed by atoms with Crippen LogP contribution in [0.4, 0.5) is 0 Å². The van der Waals surface area contributed by atoms with Crippen molar-refractivity contribution in [3.63, 3.8) is 0 Å². The van der Waals surface area contributed by atoms with Crippen LogP contribution in [-0.4, -0.2) is 66.3 Å². The third kappa shape index (κ3) is 6.45. The Morgan fingerprint density at radius 2 is 1.07 bits per heavy atom. The Morgan fingerprint density at radius 1 is 0.679 bits per heavy atom. The Hall–Kier alpha value is -2.20. The van der Waals surface area contributed by atoms with Gasteiger partial charge in [-0.2, -0.15) is 0 Å². The highest BCUT2D eigenvalue weighted by molar-refractivity contribution is 5.72. The molecule has 0 aromatic rings. The van der Waals surface area contributed by atoms with Gasteiger partial charge in [-0.3, -0.25) is 19.2 Å². The molecule has 1 unspecified atom stereocenters. The van der Waals surface area contributed by atoms with E-state index >= 15 is 0 Å². The molecule has 1 N–H and O–H groups in total. The van der Waals surface area contributed by atoms with Crippen molar-refractivity contribution in [2.24, 2.45) is 0 Å². The molecule has 10 heteroatoms. The fourth-order valence-corrected chi connectivity index (χ4v) is 2.44. The normalized spacial score (nSPS) is 26.8. The van der Waals surface area contributed by atoms with Crippen molar-refractivity contribution in [2.75, 3.05) is 6.61 Å². The van der Waals surface area contributed by atoms with Gasteiger partial charge in [-0.1, -0.05) is 27.7 Å². The molecular formula is C18H28O10. The molecule has 1 saturated heterocycles. The van der Waals surface area contributed by atoms with E-state index in [0.717, 1.165) is 0 Å². The minimum absolute atomic E-state index is 0.00221. The predicted octanol–water partition coefficient (Wildman–Crippen LogP) is 0.622. The summed E-state index contributed by atoms with van der Waals surface area (Å²) >= 11 is 0. The van der Waals surface area contributed by atoms with E-state index in [-0.39, 0.29) is 25.7 Å². The molecule has 160 valence electrons. The molecular weight excluding hydrogens is 376 g/mol. The van der Waals surface area contributed by atoms with Crippen molar-refractivity contribution >= 4 is 23.9 Å². The highest BCUT2D eigenvalue weighted by Crippen LogP contribution is 2.30. The lowest BCUT2D eigenvalue weighted by molar-refractivity contribution is -0.300. The third-order valence-electron chi connectivity index (χ3n) is 3.98. The largest absolute Gasteiger partial charge is 0.455 e. The number of aliphatic hydroxyl groups excluding tert-OH is 1. The summed E-state index contributed by atoms with van der Waals surface area (Å²) in [6, 6.07) is 0. The first-order chi connectivity index (χ1) is 13.3. The van der Waals surface area contributed by atoms with E-state index in [1.807, 2.05) is 0 Å². The van der Waals surface area contributed by atoms with E-state index in [9.17, 15) is 24.3 Å². The first-order valence-electron chi connectivity index (χ1n) is 9.35. The van der Waals surface area contributed by atoms with Crippen LogP contribution in [0.2, 0.25) is 0 Å². The van der Waals surface area contributed by atoms with Gasteiger partial charge in [0, 0.05) is 25.7 Å². The summed E-state index contributed by atoms with van der Waals surface area (Å²) in [5, 5.41) is 9.67. The molecule has 0 amide bonds. The molecule has 10 nitrogen and oxygen atoms in total. The highest BCUT2D eigenvalue weighted by Gasteiger charge is 2.53. The lowest BCUT2D eigenvalue weighted by Gasteiger charge is -2.43. The Kier molecular flexibility index (Phi) is 9.88. The van der Waals surface area contributed by atoms with Gasteiger partial charge in [0.2, 0.25) is 12.4 Å². The van der Waals surface area contributed by atoms with E-state index < -0.39 is 61.2 Å². The SMILES string of the molecule is CCC(=O)OC1O[C@H](CO)[C@H](OC(=O)CC)[C@H](OC(=O)CC)[C@H]1OC(=O)CC. The zero-order valence-electron chi connectivity index (χ0n) is 16.5. The van der Waals surface area contributed by atoms with Gasteiger partial charge in [-0.05, 0) is 0 Å². The number of hydrogen-bond donors (Lipinski definition) is 1. The Bertz CT molecular complexity index is 561. The molecule has 0 radical (unpaired) electrons. The second-order valence-electron chi connectivity index (χ2n) is 5.99. The molecule has 0 bridgehead atoms. The average molecular weight is 404 g/mol. The minimum Gasteiger partial charge on any atom is -0.455 e. The van der Waals surface area contributed by atoms with Gasteiger partial charge in [0.1, 0.15) is 6.10 Å². The van der Waals surface area contributed by atoms with Crippen molar-refractivity contribution < 1.29 is 48.0 Å². The summed E-state index contributed by atoms with van der Waals surface area (Å²) in [5.41, 5.74) is 0. The van der Waals surface area contributed by atoms with Crippen molar-refractivity contribution in [3.05, 3.63) is 0 Å². The van der Waals surface area contributed by atoms with Crippen molar-refractivity contribution in [3.8, 4) is 0 Å². The number of hydrogen-bond acceptors (Lipinski definition) is 10. The van der Waals surface area contributed by atoms with Gasteiger partial charge >= 0.3 is 23.9 Å². The molecule has 0 spiro atoms. The van der Waals surface area contributed by atoms with E-state index in [1.165, 1.54) is 0 Å². The molecule has 0 aromatic heterocycles. The van der Waals surface area contributed by atoms with Crippen molar-refractivity contribution in [2.45, 2.75) is 84.1 Å². The smallest absolute Gasteiger partial charge is 0.307 e. The molecule has 5 atom stereocenters. The first kappa shape index (κ1) is 23.8. The van der Waals surface area contributed by atoms with Crippen LogP contribution in [0.25, 0.3) is 0 Å². The maximum Gasteiger partial charge on any atom is 0.307 e. The molecule has 0 aromatic carbocycles. The molecule has 28 heavy (non-hydrogen) atoms. The fourth-order valence-electron chi connectivity index (χ4n) is 2.44. The number of esters is 4. The highest BCUT2D eigenvalue weighted by atomic mass is 16.7. The van der Waals surface area contributed by atoms with Crippen LogP contribution in [0.15, 0.2) is 0 Å². The molecule has 1 heterocycles. The predicted molar refractivity (Wildman–Crippen MR) is 92.6 cm³/mol. The Labute approximate surface area is 163 Å². The summed E-state index contributed by atoms with van der Waals surface area (Å²) in [6.07, 6.45) is -6.48. The summed E-state index contributed by atoms with van der Waals surface area (Å²) in [7, 11) is 0. The van der Waals surface area contributed by atoms with Crippen LogP contribution in [0, 0.1) is 0 Å². The minimum atomic E-state index is -1.44. The standard InChI is InChI=1S/C18H28O10/c1-5-11(20)25-15-10(9-19)24-18(28-14(23)8-4)17(27-13(22)7-3)16(15)26-12(21)6-2/h10,15-19H,5-9H2,1-4H3/t10-,15+,16+,17-,18?/m1/s1. The summed E-state index contributed by atoms with van der Waals surface area (Å²) in [6.45, 7) is 5.61. The van der Waals surface area contributed by atoms with Gasteiger partial charge in [0.25, 0.3) is 0 Å². The maximum absolute atomic E-state index is 11.9. The fraction of sp³-hybridized carbons (Fsp3) is 0.778. The molecule has 1 aliphatic rings. The summed E-state index contributed by atoms with van der Waals surface area (Å²) in [5.74, 6) is -2.59. The molecule has 1 aliphatic heterocycles. The number of carbonyl (C=O) groups excluding carboxylic acids is 4. The van der Waals surface area contributed by atoms with Crippen LogP contribution < -0.4 is 0 Å². The van der Waals surface area contributed by atoms with E-state index in [0.29, 0.717) is 0 Å². The summed E-state index contributed by atoms with van der Waals surface area (Å²) in [4.78, 5) is 47.5. The van der Waals surface area contributed by atoms with Gasteiger partial charge in [-0.15, -0.1) is 0 Å². The second-order valence-corrected chi connectivity index (χ2v) is 5.99. The Balaban J connectivity index is 3.30. The number of ether oxygens (including phenoxy) is 5. The van der Waals surface area contributed by atoms with Gasteiger partial charge < -0.3 is 28.8 Å². The van der Waals surface area contributed by atoms with Crippen LogP contribution in [0.3, 0.4) is 0 Å². The van der Waals surface area contributed by atoms with Gasteiger partial charge in [0.05, 0.1) is 6.61 Å². The number of aliphatic hydroxyl groups is 1. The van der Waals surface area contributed by atoms with E-state index in [1.54, 1.807) is 27.7 Å². The van der Waals surface area contributed by atoms with Crippen LogP contribution in [-0.2, 0) is 42.9 Å². The van der Waals surface area contributed by atoms with E-state index in [2.05, 4.69) is 0 Å². The second kappa shape index (κ2) is 11.6. The van der Waals surface area contributed by atoms with Crippen molar-refractivity contribution in [1.82, 2.24) is 0 Å². The lowest BCUT2D eigenvalue weighted by atomic mass is 9.98. The van der Waals surface area contributed by atoms with E-state index in [4.69, 9.17) is 23.7 Å². The molecule has 1 rings (SSSR count). The average Bonchev–Trinajstić information content (AvgIpc) is 2.70. The van der Waals surface area contributed by atoms with Crippen molar-refractivity contribution in [1.29, 1.82) is 0 Å². The topological polar surface area (TPSA) is 135 Å². The van der Waals surface area contributed by atoms with Gasteiger partial charge in [-0.25, -0.2) is 0 Å². The van der Waals surface area contributed by atoms with Crippen LogP contribution in [0.5, 0.6) is 0 Å². The van der Waals surface area contributed by atoms with Gasteiger partial charge in [0.15, 0.2) is 12.2 Å². The monoisotopic (exact) mass is 404 g/mol. The Morgan fingerprint density at radius 3 is 1.50 bits per heavy atom. The van der Waals surface area contributed by atoms with Crippen LogP contribution >= 0.6 is 0 Å². The molecule has 0 saturated carbocycles. The zero-order chi connectivity index (χ0) is 21.3. The zero-order valence-corrected chi connectivity index (χ0v) is 16.5. The lowest BCUT2D eigenvalue weighted by Crippen LogP contribution is -2.63. The third-order valence-corrected chi connectivity index (χ3v) is 3.98.